The van der Waals surface area contributed by atoms with E-state index in [2.05, 4.69) is 25.6 Å². The number of carbonyl (C=O) groups is 1. The van der Waals surface area contributed by atoms with E-state index in [4.69, 9.17) is 5.73 Å². The van der Waals surface area contributed by atoms with E-state index >= 15 is 0 Å². The van der Waals surface area contributed by atoms with Gasteiger partial charge in [0.15, 0.2) is 5.95 Å². The number of nitrogens with two attached hydrogens (primary N) is 1. The van der Waals surface area contributed by atoms with Crippen LogP contribution in [0.3, 0.4) is 0 Å². The van der Waals surface area contributed by atoms with Gasteiger partial charge < -0.3 is 16.0 Å². The smallest absolute Gasteiger partial charge is 0.251 e. The lowest BCUT2D eigenvalue weighted by Crippen LogP contribution is -2.27. The van der Waals surface area contributed by atoms with E-state index in [9.17, 15) is 4.79 Å². The Kier molecular flexibility index (Phi) is 6.56. The number of nitrogens with one attached hydrogen (secondary N) is 2. The van der Waals surface area contributed by atoms with Crippen LogP contribution in [0.5, 0.6) is 0 Å². The number of amides is 1. The molecule has 0 fully saturated rings. The molecule has 4 N–H and O–H groups in total. The van der Waals surface area contributed by atoms with Crippen molar-refractivity contribution in [1.29, 1.82) is 0 Å². The van der Waals surface area contributed by atoms with E-state index in [-0.39, 0.29) is 5.91 Å². The van der Waals surface area contributed by atoms with Crippen molar-refractivity contribution in [2.75, 3.05) is 12.3 Å². The maximum atomic E-state index is 12.4. The summed E-state index contributed by atoms with van der Waals surface area (Å²) in [6, 6.07) is 13.8. The largest absolute Gasteiger partial charge is 0.369 e. The van der Waals surface area contributed by atoms with Crippen molar-refractivity contribution in [2.45, 2.75) is 38.6 Å². The van der Waals surface area contributed by atoms with Crippen LogP contribution in [-0.2, 0) is 19.4 Å². The van der Waals surface area contributed by atoms with Crippen molar-refractivity contribution in [2.24, 2.45) is 0 Å². The van der Waals surface area contributed by atoms with E-state index in [1.807, 2.05) is 48.7 Å². The van der Waals surface area contributed by atoms with Crippen LogP contribution >= 0.6 is 0 Å². The number of carbonyl (C=O) groups excluding carboxylic acids is 1. The van der Waals surface area contributed by atoms with Gasteiger partial charge >= 0.3 is 0 Å². The number of fused-ring (bicyclic) bond motifs is 1. The molecule has 4 aromatic rings. The number of rotatable bonds is 10. The summed E-state index contributed by atoms with van der Waals surface area (Å²) in [6.07, 6.45) is 8.84. The minimum absolute atomic E-state index is 0.0786. The van der Waals surface area contributed by atoms with Gasteiger partial charge in [-0.05, 0) is 48.6 Å². The minimum Gasteiger partial charge on any atom is -0.369 e. The number of aromatic nitrogens is 5. The fourth-order valence-electron chi connectivity index (χ4n) is 3.58. The average Bonchev–Trinajstić information content (AvgIpc) is 3.41. The van der Waals surface area contributed by atoms with Gasteiger partial charge in [-0.3, -0.25) is 9.48 Å². The number of hydrogen-bond donors (Lipinski definition) is 3. The molecule has 2 aromatic heterocycles. The van der Waals surface area contributed by atoms with Gasteiger partial charge in [-0.2, -0.15) is 0 Å². The molecule has 8 heteroatoms. The Bertz CT molecular complexity index is 1150. The van der Waals surface area contributed by atoms with Gasteiger partial charge in [-0.25, -0.2) is 4.98 Å². The van der Waals surface area contributed by atoms with Crippen molar-refractivity contribution in [3.8, 4) is 0 Å². The summed E-state index contributed by atoms with van der Waals surface area (Å²) in [5.41, 5.74) is 8.30. The molecule has 0 aliphatic carbocycles. The number of nitrogen functional groups attached to an aromatic ring is 1. The topological polar surface area (TPSA) is 115 Å². The lowest BCUT2D eigenvalue weighted by Gasteiger charge is -2.06. The first-order valence-corrected chi connectivity index (χ1v) is 10.6. The van der Waals surface area contributed by atoms with Gasteiger partial charge in [0.1, 0.15) is 0 Å². The minimum atomic E-state index is -0.0786. The number of aryl methyl sites for hydroxylation is 2. The Labute approximate surface area is 180 Å². The van der Waals surface area contributed by atoms with Crippen LogP contribution in [0.4, 0.5) is 5.95 Å². The van der Waals surface area contributed by atoms with Gasteiger partial charge in [-0.15, -0.1) is 5.10 Å². The Hall–Kier alpha value is -3.68. The molecule has 8 nitrogen and oxygen atoms in total. The molecule has 4 rings (SSSR count). The normalized spacial score (nSPS) is 11.1. The molecular weight excluding hydrogens is 390 g/mol. The first kappa shape index (κ1) is 20.6. The number of nitrogens with zero attached hydrogens (tertiary/aromatic N) is 4. The highest BCUT2D eigenvalue weighted by molar-refractivity contribution is 5.98. The molecule has 0 saturated heterocycles. The average molecular weight is 418 g/mol. The maximum Gasteiger partial charge on any atom is 0.251 e. The fourth-order valence-corrected chi connectivity index (χ4v) is 3.58. The van der Waals surface area contributed by atoms with Crippen LogP contribution in [0.1, 0.15) is 41.0 Å². The molecule has 0 unspecified atom stereocenters. The van der Waals surface area contributed by atoms with Crippen molar-refractivity contribution in [3.63, 3.8) is 0 Å². The van der Waals surface area contributed by atoms with Crippen molar-refractivity contribution in [1.82, 2.24) is 30.3 Å². The van der Waals surface area contributed by atoms with E-state index in [1.165, 1.54) is 0 Å². The number of benzene rings is 2. The lowest BCUT2D eigenvalue weighted by atomic mass is 10.1. The third-order valence-corrected chi connectivity index (χ3v) is 5.25. The fraction of sp³-hybridized carbons (Fsp3) is 0.304. The lowest BCUT2D eigenvalue weighted by molar-refractivity contribution is 0.0952. The Morgan fingerprint density at radius 1 is 1.06 bits per heavy atom. The van der Waals surface area contributed by atoms with Crippen molar-refractivity contribution in [3.05, 3.63) is 71.8 Å². The van der Waals surface area contributed by atoms with E-state index in [0.29, 0.717) is 24.6 Å². The zero-order valence-corrected chi connectivity index (χ0v) is 17.4. The summed E-state index contributed by atoms with van der Waals surface area (Å²) in [6.45, 7) is 1.09. The Balaban J connectivity index is 1.16. The van der Waals surface area contributed by atoms with E-state index in [0.717, 1.165) is 54.3 Å². The molecule has 0 atom stereocenters. The van der Waals surface area contributed by atoms with Crippen LogP contribution in [0, 0.1) is 0 Å². The van der Waals surface area contributed by atoms with Gasteiger partial charge in [0.05, 0.1) is 18.4 Å². The molecule has 2 heterocycles. The number of unbranched alkanes of at least 4 members (excludes halogenated alkanes) is 2. The predicted molar refractivity (Wildman–Crippen MR) is 121 cm³/mol. The second-order valence-corrected chi connectivity index (χ2v) is 7.65. The van der Waals surface area contributed by atoms with E-state index < -0.39 is 0 Å². The Morgan fingerprint density at radius 3 is 2.74 bits per heavy atom. The van der Waals surface area contributed by atoms with Crippen molar-refractivity contribution < 1.29 is 4.79 Å². The number of H-pyrrole nitrogens is 1. The molecule has 31 heavy (non-hydrogen) atoms. The standard InChI is InChI=1S/C23H27N7O/c24-23-26-15-20(27-23)8-2-1-3-9-21-16-30(29-28-21)13-12-25-22(31)19-11-10-17-6-4-5-7-18(17)14-19/h4-7,10-11,14-16H,1-3,8-9,12-13H2,(H,25,31)(H3,24,26,27). The summed E-state index contributed by atoms with van der Waals surface area (Å²) in [5.74, 6) is 0.394. The van der Waals surface area contributed by atoms with E-state index in [1.54, 1.807) is 10.9 Å². The van der Waals surface area contributed by atoms with Gasteiger partial charge in [0.25, 0.3) is 5.91 Å². The molecule has 0 radical (unpaired) electrons. The summed E-state index contributed by atoms with van der Waals surface area (Å²) in [5, 5.41) is 13.5. The zero-order chi connectivity index (χ0) is 21.5. The molecule has 0 saturated carbocycles. The number of imidazole rings is 1. The summed E-state index contributed by atoms with van der Waals surface area (Å²) >= 11 is 0. The summed E-state index contributed by atoms with van der Waals surface area (Å²) in [7, 11) is 0. The Morgan fingerprint density at radius 2 is 1.90 bits per heavy atom. The predicted octanol–water partition coefficient (Wildman–Crippen LogP) is 3.12. The first-order chi connectivity index (χ1) is 15.2. The SMILES string of the molecule is Nc1ncc(CCCCCc2cn(CCNC(=O)c3ccc4ccccc4c3)nn2)[nH]1. The molecule has 0 spiro atoms. The highest BCUT2D eigenvalue weighted by atomic mass is 16.1. The molecule has 0 bridgehead atoms. The molecule has 2 aromatic carbocycles. The van der Waals surface area contributed by atoms with Crippen LogP contribution in [0.2, 0.25) is 0 Å². The molecule has 1 amide bonds. The quantitative estimate of drug-likeness (QED) is 0.343. The molecule has 0 aliphatic heterocycles. The van der Waals surface area contributed by atoms with Crippen LogP contribution in [0.25, 0.3) is 10.8 Å². The van der Waals surface area contributed by atoms with Gasteiger partial charge in [-0.1, -0.05) is 42.0 Å². The summed E-state index contributed by atoms with van der Waals surface area (Å²) in [4.78, 5) is 19.5. The molecule has 0 aliphatic rings. The number of anilines is 1. The molecule has 160 valence electrons. The second-order valence-electron chi connectivity index (χ2n) is 7.65. The third-order valence-electron chi connectivity index (χ3n) is 5.25. The van der Waals surface area contributed by atoms with Gasteiger partial charge in [0, 0.05) is 24.0 Å². The maximum absolute atomic E-state index is 12.4. The van der Waals surface area contributed by atoms with Crippen molar-refractivity contribution >= 4 is 22.6 Å². The highest BCUT2D eigenvalue weighted by Crippen LogP contribution is 2.15. The second kappa shape index (κ2) is 9.88. The third kappa shape index (κ3) is 5.69. The zero-order valence-electron chi connectivity index (χ0n) is 17.4. The number of hydrogen-bond acceptors (Lipinski definition) is 5. The monoisotopic (exact) mass is 417 g/mol. The first-order valence-electron chi connectivity index (χ1n) is 10.6. The van der Waals surface area contributed by atoms with Crippen LogP contribution < -0.4 is 11.1 Å². The van der Waals surface area contributed by atoms with Crippen LogP contribution in [0.15, 0.2) is 54.9 Å². The molecular formula is C23H27N7O. The number of aromatic amines is 1. The van der Waals surface area contributed by atoms with Crippen LogP contribution in [-0.4, -0.2) is 37.4 Å². The van der Waals surface area contributed by atoms with Gasteiger partial charge in [0.2, 0.25) is 0 Å². The summed E-state index contributed by atoms with van der Waals surface area (Å²) < 4.78 is 1.78. The highest BCUT2D eigenvalue weighted by Gasteiger charge is 2.07.